The minimum atomic E-state index is -0.150. The molecule has 156 valence electrons. The van der Waals surface area contributed by atoms with E-state index in [1.54, 1.807) is 24.3 Å². The molecular formula is C22H28ClN3O3. The van der Waals surface area contributed by atoms with Crippen LogP contribution < -0.4 is 15.0 Å². The first-order valence-corrected chi connectivity index (χ1v) is 10.1. The van der Waals surface area contributed by atoms with E-state index in [-0.39, 0.29) is 18.6 Å². The molecule has 7 heteroatoms. The van der Waals surface area contributed by atoms with E-state index < -0.39 is 0 Å². The van der Waals surface area contributed by atoms with Gasteiger partial charge in [-0.3, -0.25) is 9.69 Å². The summed E-state index contributed by atoms with van der Waals surface area (Å²) in [6, 6.07) is 15.5. The maximum atomic E-state index is 12.3. The van der Waals surface area contributed by atoms with Gasteiger partial charge in [0.05, 0.1) is 19.3 Å². The molecule has 0 aliphatic carbocycles. The molecule has 0 radical (unpaired) electrons. The number of hydrogen-bond donors (Lipinski definition) is 1. The fourth-order valence-electron chi connectivity index (χ4n) is 3.28. The third-order valence-corrected chi connectivity index (χ3v) is 5.21. The number of ether oxygens (including phenoxy) is 2. The molecule has 29 heavy (non-hydrogen) atoms. The lowest BCUT2D eigenvalue weighted by molar-refractivity contribution is -0.123. The lowest BCUT2D eigenvalue weighted by Crippen LogP contribution is -2.44. The van der Waals surface area contributed by atoms with E-state index >= 15 is 0 Å². The van der Waals surface area contributed by atoms with Crippen molar-refractivity contribution in [2.45, 2.75) is 6.04 Å². The monoisotopic (exact) mass is 417 g/mol. The summed E-state index contributed by atoms with van der Waals surface area (Å²) in [4.78, 5) is 16.8. The second kappa shape index (κ2) is 10.5. The maximum absolute atomic E-state index is 12.3. The molecule has 0 spiro atoms. The highest BCUT2D eigenvalue weighted by atomic mass is 35.5. The van der Waals surface area contributed by atoms with Crippen molar-refractivity contribution in [1.29, 1.82) is 0 Å². The smallest absolute Gasteiger partial charge is 0.258 e. The molecule has 2 aromatic carbocycles. The Morgan fingerprint density at radius 2 is 1.79 bits per heavy atom. The van der Waals surface area contributed by atoms with Crippen LogP contribution in [0.3, 0.4) is 0 Å². The first-order valence-electron chi connectivity index (χ1n) is 9.77. The average molecular weight is 418 g/mol. The molecule has 3 rings (SSSR count). The average Bonchev–Trinajstić information content (AvgIpc) is 2.74. The Bertz CT molecular complexity index is 775. The lowest BCUT2D eigenvalue weighted by atomic mass is 10.0. The normalized spacial score (nSPS) is 15.6. The van der Waals surface area contributed by atoms with Gasteiger partial charge in [0.1, 0.15) is 5.75 Å². The predicted octanol–water partition coefficient (Wildman–Crippen LogP) is 2.97. The summed E-state index contributed by atoms with van der Waals surface area (Å²) in [6.45, 7) is 3.59. The minimum absolute atomic E-state index is 0.0307. The Hall–Kier alpha value is -2.28. The zero-order valence-corrected chi connectivity index (χ0v) is 17.7. The summed E-state index contributed by atoms with van der Waals surface area (Å²) < 4.78 is 11.0. The number of benzene rings is 2. The molecule has 1 aliphatic heterocycles. The largest absolute Gasteiger partial charge is 0.484 e. The number of halogens is 1. The van der Waals surface area contributed by atoms with Crippen LogP contribution in [-0.4, -0.2) is 64.4 Å². The van der Waals surface area contributed by atoms with Crippen molar-refractivity contribution in [3.63, 3.8) is 0 Å². The highest BCUT2D eigenvalue weighted by Crippen LogP contribution is 2.24. The van der Waals surface area contributed by atoms with Gasteiger partial charge in [0.25, 0.3) is 5.91 Å². The van der Waals surface area contributed by atoms with Gasteiger partial charge in [-0.25, -0.2) is 0 Å². The van der Waals surface area contributed by atoms with Crippen LogP contribution in [0.25, 0.3) is 0 Å². The number of amides is 1. The molecule has 0 saturated carbocycles. The Balaban J connectivity index is 1.60. The van der Waals surface area contributed by atoms with Crippen LogP contribution in [0.1, 0.15) is 11.6 Å². The van der Waals surface area contributed by atoms with Crippen molar-refractivity contribution < 1.29 is 14.3 Å². The summed E-state index contributed by atoms with van der Waals surface area (Å²) >= 11 is 5.87. The number of hydrogen-bond acceptors (Lipinski definition) is 5. The van der Waals surface area contributed by atoms with E-state index in [0.717, 1.165) is 18.8 Å². The third kappa shape index (κ3) is 6.35. The third-order valence-electron chi connectivity index (χ3n) is 4.96. The van der Waals surface area contributed by atoms with Crippen LogP contribution in [-0.2, 0) is 9.53 Å². The van der Waals surface area contributed by atoms with Crippen molar-refractivity contribution in [3.05, 3.63) is 59.1 Å². The van der Waals surface area contributed by atoms with Crippen LogP contribution in [0.15, 0.2) is 48.5 Å². The van der Waals surface area contributed by atoms with Crippen LogP contribution in [0, 0.1) is 0 Å². The van der Waals surface area contributed by atoms with Crippen LogP contribution in [0.5, 0.6) is 5.75 Å². The first kappa shape index (κ1) is 21.4. The molecule has 1 N–H and O–H groups in total. The summed E-state index contributed by atoms with van der Waals surface area (Å²) in [6.07, 6.45) is 0. The molecule has 1 aliphatic rings. The number of carbonyl (C=O) groups excluding carboxylic acids is 1. The van der Waals surface area contributed by atoms with Crippen LogP contribution >= 0.6 is 11.6 Å². The van der Waals surface area contributed by atoms with Gasteiger partial charge >= 0.3 is 0 Å². The maximum Gasteiger partial charge on any atom is 0.258 e. The number of carbonyl (C=O) groups is 1. The molecule has 0 unspecified atom stereocenters. The molecule has 1 fully saturated rings. The first-order chi connectivity index (χ1) is 14.0. The van der Waals surface area contributed by atoms with Crippen molar-refractivity contribution in [2.75, 3.05) is 58.5 Å². The SMILES string of the molecule is CN(C)c1ccc([C@@H](CNC(=O)COc2ccc(Cl)cc2)N2CCOCC2)cc1. The van der Waals surface area contributed by atoms with Gasteiger partial charge in [0, 0.05) is 44.4 Å². The van der Waals surface area contributed by atoms with Crippen molar-refractivity contribution in [3.8, 4) is 5.75 Å². The van der Waals surface area contributed by atoms with E-state index in [0.29, 0.717) is 30.5 Å². The van der Waals surface area contributed by atoms with Crippen molar-refractivity contribution in [2.24, 2.45) is 0 Å². The molecular weight excluding hydrogens is 390 g/mol. The van der Waals surface area contributed by atoms with Gasteiger partial charge in [-0.1, -0.05) is 23.7 Å². The Morgan fingerprint density at radius 3 is 2.41 bits per heavy atom. The summed E-state index contributed by atoms with van der Waals surface area (Å²) in [5.41, 5.74) is 2.33. The molecule has 0 bridgehead atoms. The lowest BCUT2D eigenvalue weighted by Gasteiger charge is -2.35. The standard InChI is InChI=1S/C22H28ClN3O3/c1-25(2)19-7-3-17(4-8-19)21(26-11-13-28-14-12-26)15-24-22(27)16-29-20-9-5-18(23)6-10-20/h3-10,21H,11-16H2,1-2H3,(H,24,27)/t21-/m1/s1. The molecule has 1 amide bonds. The number of nitrogens with zero attached hydrogens (tertiary/aromatic N) is 2. The summed E-state index contributed by atoms with van der Waals surface area (Å²) in [5, 5.41) is 3.65. The number of rotatable bonds is 8. The van der Waals surface area contributed by atoms with Gasteiger partial charge in [-0.2, -0.15) is 0 Å². The van der Waals surface area contributed by atoms with E-state index in [9.17, 15) is 4.79 Å². The van der Waals surface area contributed by atoms with Gasteiger partial charge in [-0.15, -0.1) is 0 Å². The Kier molecular flexibility index (Phi) is 7.75. The predicted molar refractivity (Wildman–Crippen MR) is 116 cm³/mol. The topological polar surface area (TPSA) is 54.0 Å². The molecule has 0 aromatic heterocycles. The second-order valence-corrected chi connectivity index (χ2v) is 7.63. The molecule has 1 heterocycles. The molecule has 2 aromatic rings. The van der Waals surface area contributed by atoms with Crippen molar-refractivity contribution in [1.82, 2.24) is 10.2 Å². The highest BCUT2D eigenvalue weighted by molar-refractivity contribution is 6.30. The van der Waals surface area contributed by atoms with Gasteiger partial charge in [0.2, 0.25) is 0 Å². The van der Waals surface area contributed by atoms with Crippen molar-refractivity contribution >= 4 is 23.2 Å². The van der Waals surface area contributed by atoms with Crippen LogP contribution in [0.2, 0.25) is 5.02 Å². The Labute approximate surface area is 177 Å². The quantitative estimate of drug-likeness (QED) is 0.715. The van der Waals surface area contributed by atoms with Gasteiger partial charge in [-0.05, 0) is 42.0 Å². The zero-order chi connectivity index (χ0) is 20.6. The molecule has 1 saturated heterocycles. The van der Waals surface area contributed by atoms with E-state index in [4.69, 9.17) is 21.1 Å². The van der Waals surface area contributed by atoms with Crippen LogP contribution in [0.4, 0.5) is 5.69 Å². The fourth-order valence-corrected chi connectivity index (χ4v) is 3.41. The number of morpholine rings is 1. The minimum Gasteiger partial charge on any atom is -0.484 e. The highest BCUT2D eigenvalue weighted by Gasteiger charge is 2.23. The summed E-state index contributed by atoms with van der Waals surface area (Å²) in [7, 11) is 4.05. The molecule has 6 nitrogen and oxygen atoms in total. The Morgan fingerprint density at radius 1 is 1.14 bits per heavy atom. The summed E-state index contributed by atoms with van der Waals surface area (Å²) in [5.74, 6) is 0.469. The fraction of sp³-hybridized carbons (Fsp3) is 0.409. The second-order valence-electron chi connectivity index (χ2n) is 7.20. The zero-order valence-electron chi connectivity index (χ0n) is 16.9. The van der Waals surface area contributed by atoms with Gasteiger partial charge < -0.3 is 19.7 Å². The number of anilines is 1. The van der Waals surface area contributed by atoms with Gasteiger partial charge in [0.15, 0.2) is 6.61 Å². The molecule has 1 atom stereocenters. The van der Waals surface area contributed by atoms with E-state index in [1.165, 1.54) is 5.56 Å². The van der Waals surface area contributed by atoms with E-state index in [1.807, 2.05) is 14.1 Å². The number of nitrogens with one attached hydrogen (secondary N) is 1. The van der Waals surface area contributed by atoms with E-state index in [2.05, 4.69) is 39.4 Å².